The molecule has 0 aliphatic carbocycles. The molecule has 0 aromatic carbocycles. The van der Waals surface area contributed by atoms with Crippen LogP contribution in [0.1, 0.15) is 11.8 Å². The first-order chi connectivity index (χ1) is 10.9. The first kappa shape index (κ1) is 15.8. The number of aromatic nitrogens is 1. The van der Waals surface area contributed by atoms with Crippen LogP contribution in [-0.4, -0.2) is 55.0 Å². The molecule has 9 nitrogen and oxygen atoms in total. The van der Waals surface area contributed by atoms with E-state index in [9.17, 15) is 19.5 Å². The van der Waals surface area contributed by atoms with E-state index in [-0.39, 0.29) is 16.5 Å². The Kier molecular flexibility index (Phi) is 4.00. The van der Waals surface area contributed by atoms with Gasteiger partial charge in [0.15, 0.2) is 11.2 Å². The molecule has 2 aliphatic heterocycles. The minimum Gasteiger partial charge on any atom is -0.477 e. The van der Waals surface area contributed by atoms with Gasteiger partial charge in [-0.3, -0.25) is 14.5 Å². The fraction of sp³-hybridized carbons (Fsp3) is 0.333. The number of nitrogens with one attached hydrogen (secondary N) is 1. The van der Waals surface area contributed by atoms with Crippen LogP contribution < -0.4 is 11.1 Å². The average molecular weight is 356 g/mol. The third kappa shape index (κ3) is 2.66. The van der Waals surface area contributed by atoms with Crippen molar-refractivity contribution in [1.82, 2.24) is 15.2 Å². The smallest absolute Gasteiger partial charge is 0.352 e. The van der Waals surface area contributed by atoms with Gasteiger partial charge in [-0.2, -0.15) is 0 Å². The number of aliphatic carboxylic acids is 1. The average Bonchev–Trinajstić information content (AvgIpc) is 2.96. The fourth-order valence-corrected chi connectivity index (χ4v) is 4.11. The summed E-state index contributed by atoms with van der Waals surface area (Å²) < 4.78 is 0. The van der Waals surface area contributed by atoms with Crippen molar-refractivity contribution >= 4 is 46.0 Å². The number of hydrogen-bond donors (Lipinski definition) is 4. The zero-order valence-electron chi connectivity index (χ0n) is 11.5. The van der Waals surface area contributed by atoms with E-state index in [4.69, 9.17) is 10.8 Å². The number of amides is 2. The Hall–Kier alpha value is -2.11. The van der Waals surface area contributed by atoms with Crippen LogP contribution in [0.25, 0.3) is 0 Å². The number of carbonyl (C=O) groups excluding carboxylic acids is 2. The Morgan fingerprint density at radius 1 is 1.52 bits per heavy atom. The van der Waals surface area contributed by atoms with Crippen LogP contribution in [0.5, 0.6) is 0 Å². The van der Waals surface area contributed by atoms with E-state index >= 15 is 0 Å². The van der Waals surface area contributed by atoms with Gasteiger partial charge in [0.2, 0.25) is 0 Å². The van der Waals surface area contributed by atoms with Crippen molar-refractivity contribution in [2.75, 3.05) is 11.5 Å². The Labute approximate surface area is 138 Å². The molecular formula is C12H12N4O5S2. The Morgan fingerprint density at radius 3 is 2.87 bits per heavy atom. The summed E-state index contributed by atoms with van der Waals surface area (Å²) in [6.07, 6.45) is -0.0831. The number of rotatable bonds is 4. The maximum atomic E-state index is 12.1. The molecule has 3 heterocycles. The maximum absolute atomic E-state index is 12.1. The maximum Gasteiger partial charge on any atom is 0.352 e. The van der Waals surface area contributed by atoms with Gasteiger partial charge in [-0.25, -0.2) is 9.78 Å². The number of fused-ring (bicyclic) bond motifs is 1. The van der Waals surface area contributed by atoms with Gasteiger partial charge in [-0.1, -0.05) is 0 Å². The summed E-state index contributed by atoms with van der Waals surface area (Å²) >= 11 is 2.42. The lowest BCUT2D eigenvalue weighted by atomic mass is 10.0. The molecule has 0 saturated carbocycles. The summed E-state index contributed by atoms with van der Waals surface area (Å²) in [4.78, 5) is 40.2. The quantitative estimate of drug-likeness (QED) is 0.509. The zero-order chi connectivity index (χ0) is 16.7. The second-order valence-electron chi connectivity index (χ2n) is 4.83. The molecule has 0 radical (unpaired) electrons. The minimum atomic E-state index is -1.53. The number of aliphatic hydroxyl groups is 1. The number of anilines is 1. The van der Waals surface area contributed by atoms with Crippen LogP contribution in [0.2, 0.25) is 0 Å². The summed E-state index contributed by atoms with van der Waals surface area (Å²) in [6, 6.07) is -0.874. The number of nitrogen functional groups attached to an aromatic ring is 1. The van der Waals surface area contributed by atoms with Gasteiger partial charge in [0, 0.05) is 11.1 Å². The SMILES string of the molecule is Nc1nc(C(O)C(=O)NC2C(=O)N3C(C(=O)O)=CCS[C@@H]23)cs1. The van der Waals surface area contributed by atoms with Crippen LogP contribution >= 0.6 is 23.1 Å². The van der Waals surface area contributed by atoms with Gasteiger partial charge < -0.3 is 21.3 Å². The summed E-state index contributed by atoms with van der Waals surface area (Å²) in [5.41, 5.74) is 5.47. The molecule has 11 heteroatoms. The Morgan fingerprint density at radius 2 is 2.26 bits per heavy atom. The summed E-state index contributed by atoms with van der Waals surface area (Å²) in [5, 5.41) is 22.6. The van der Waals surface area contributed by atoms with E-state index in [1.807, 2.05) is 0 Å². The van der Waals surface area contributed by atoms with Crippen molar-refractivity contribution in [1.29, 1.82) is 0 Å². The monoisotopic (exact) mass is 356 g/mol. The second-order valence-corrected chi connectivity index (χ2v) is 6.87. The van der Waals surface area contributed by atoms with Crippen molar-refractivity contribution in [3.05, 3.63) is 22.8 Å². The number of carboxylic acid groups (broad SMARTS) is 1. The largest absolute Gasteiger partial charge is 0.477 e. The molecule has 5 N–H and O–H groups in total. The van der Waals surface area contributed by atoms with Gasteiger partial charge in [0.25, 0.3) is 11.8 Å². The number of nitrogens with two attached hydrogens (primary N) is 1. The first-order valence-electron chi connectivity index (χ1n) is 6.47. The van der Waals surface area contributed by atoms with Gasteiger partial charge in [-0.15, -0.1) is 23.1 Å². The van der Waals surface area contributed by atoms with E-state index < -0.39 is 35.3 Å². The van der Waals surface area contributed by atoms with Crippen LogP contribution in [0, 0.1) is 0 Å². The lowest BCUT2D eigenvalue weighted by molar-refractivity contribution is -0.151. The lowest BCUT2D eigenvalue weighted by Crippen LogP contribution is -2.70. The number of carbonyl (C=O) groups is 3. The summed E-state index contributed by atoms with van der Waals surface area (Å²) in [7, 11) is 0. The number of thiazole rings is 1. The number of thioether (sulfide) groups is 1. The van der Waals surface area contributed by atoms with E-state index in [1.165, 1.54) is 23.2 Å². The number of carboxylic acids is 1. The predicted octanol–water partition coefficient (Wildman–Crippen LogP) is -0.873. The highest BCUT2D eigenvalue weighted by atomic mass is 32.2. The van der Waals surface area contributed by atoms with Crippen molar-refractivity contribution in [3.8, 4) is 0 Å². The highest BCUT2D eigenvalue weighted by Crippen LogP contribution is 2.37. The molecule has 1 saturated heterocycles. The van der Waals surface area contributed by atoms with Crippen molar-refractivity contribution in [2.45, 2.75) is 17.5 Å². The van der Waals surface area contributed by atoms with Crippen LogP contribution in [0.4, 0.5) is 5.13 Å². The van der Waals surface area contributed by atoms with Crippen molar-refractivity contribution in [3.63, 3.8) is 0 Å². The number of aliphatic hydroxyl groups excluding tert-OH is 1. The molecule has 0 bridgehead atoms. The van der Waals surface area contributed by atoms with E-state index in [0.717, 1.165) is 16.2 Å². The van der Waals surface area contributed by atoms with Crippen molar-refractivity contribution < 1.29 is 24.6 Å². The van der Waals surface area contributed by atoms with E-state index in [2.05, 4.69) is 10.3 Å². The first-order valence-corrected chi connectivity index (χ1v) is 8.40. The third-order valence-corrected chi connectivity index (χ3v) is 5.31. The van der Waals surface area contributed by atoms with Gasteiger partial charge in [0.05, 0.1) is 5.69 Å². The molecule has 3 rings (SSSR count). The van der Waals surface area contributed by atoms with Gasteiger partial charge in [-0.05, 0) is 6.08 Å². The number of hydrogen-bond acceptors (Lipinski definition) is 8. The highest BCUT2D eigenvalue weighted by molar-refractivity contribution is 8.00. The Balaban J connectivity index is 1.68. The molecule has 23 heavy (non-hydrogen) atoms. The van der Waals surface area contributed by atoms with Gasteiger partial charge in [0.1, 0.15) is 17.1 Å². The standard InChI is InChI=1S/C12H12N4O5S2/c13-12-14-4(3-23-12)7(17)8(18)15-6-9(19)16-5(11(20)21)1-2-22-10(6)16/h1,3,6-7,10,17H,2H2,(H2,13,14)(H,15,18)(H,20,21)/t6?,7?,10-/m0/s1. The molecule has 2 aliphatic rings. The van der Waals surface area contributed by atoms with Crippen LogP contribution in [-0.2, 0) is 14.4 Å². The highest BCUT2D eigenvalue weighted by Gasteiger charge is 2.53. The fourth-order valence-electron chi connectivity index (χ4n) is 2.33. The van der Waals surface area contributed by atoms with Crippen molar-refractivity contribution in [2.24, 2.45) is 0 Å². The van der Waals surface area contributed by atoms with E-state index in [0.29, 0.717) is 5.75 Å². The third-order valence-electron chi connectivity index (χ3n) is 3.43. The second kappa shape index (κ2) is 5.83. The van der Waals surface area contributed by atoms with Crippen LogP contribution in [0.3, 0.4) is 0 Å². The molecule has 0 spiro atoms. The molecule has 1 aromatic heterocycles. The van der Waals surface area contributed by atoms with E-state index in [1.54, 1.807) is 0 Å². The zero-order valence-corrected chi connectivity index (χ0v) is 13.1. The summed E-state index contributed by atoms with van der Waals surface area (Å²) in [5.74, 6) is -2.06. The van der Waals surface area contributed by atoms with Crippen LogP contribution in [0.15, 0.2) is 17.2 Å². The summed E-state index contributed by atoms with van der Waals surface area (Å²) in [6.45, 7) is 0. The molecule has 3 atom stereocenters. The molecule has 2 amide bonds. The molecular weight excluding hydrogens is 344 g/mol. The molecule has 1 fully saturated rings. The number of β-lactam (4-membered cyclic amide) rings is 1. The lowest BCUT2D eigenvalue weighted by Gasteiger charge is -2.48. The molecule has 2 unspecified atom stereocenters. The molecule has 1 aromatic rings. The minimum absolute atomic E-state index is 0.0860. The topological polar surface area (TPSA) is 146 Å². The molecule has 122 valence electrons. The normalized spacial score (nSPS) is 24.3. The van der Waals surface area contributed by atoms with Gasteiger partial charge >= 0.3 is 5.97 Å². The predicted molar refractivity (Wildman–Crippen MR) is 82.2 cm³/mol. The number of nitrogens with zero attached hydrogens (tertiary/aromatic N) is 2. The Bertz CT molecular complexity index is 718.